The van der Waals surface area contributed by atoms with Gasteiger partial charge in [0.05, 0.1) is 11.3 Å². The fourth-order valence-corrected chi connectivity index (χ4v) is 3.14. The number of para-hydroxylation sites is 1. The van der Waals surface area contributed by atoms with Crippen LogP contribution in [0.25, 0.3) is 22.2 Å². The summed E-state index contributed by atoms with van der Waals surface area (Å²) in [6.07, 6.45) is 0. The maximum Gasteiger partial charge on any atom is 0.262 e. The monoisotopic (exact) mass is 411 g/mol. The van der Waals surface area contributed by atoms with Crippen LogP contribution in [0.1, 0.15) is 24.2 Å². The number of pyridine rings is 1. The van der Waals surface area contributed by atoms with E-state index in [0.717, 1.165) is 29.1 Å². The molecule has 0 spiro atoms. The van der Waals surface area contributed by atoms with Crippen LogP contribution in [0.3, 0.4) is 0 Å². The number of aryl methyl sites for hydroxylation is 1. The largest absolute Gasteiger partial charge is 0.343 e. The van der Waals surface area contributed by atoms with Crippen molar-refractivity contribution >= 4 is 22.6 Å². The number of carbonyl (C=O) groups excluding carboxylic acids is 1. The molecule has 1 N–H and O–H groups in total. The SMILES string of the molecule is CC.Cn1c(-c2ccc(NC(=O)c3c(F)cccc3F)nc2F)cc2ccccc21. The second-order valence-corrected chi connectivity index (χ2v) is 6.23. The Morgan fingerprint density at radius 3 is 2.23 bits per heavy atom. The first-order valence-corrected chi connectivity index (χ1v) is 9.42. The van der Waals surface area contributed by atoms with E-state index in [2.05, 4.69) is 10.3 Å². The fourth-order valence-electron chi connectivity index (χ4n) is 3.14. The minimum atomic E-state index is -1.04. The predicted molar refractivity (Wildman–Crippen MR) is 112 cm³/mol. The van der Waals surface area contributed by atoms with Gasteiger partial charge in [0.25, 0.3) is 5.91 Å². The molecule has 0 unspecified atom stereocenters. The van der Waals surface area contributed by atoms with Crippen molar-refractivity contribution in [3.63, 3.8) is 0 Å². The van der Waals surface area contributed by atoms with E-state index in [9.17, 15) is 18.0 Å². The highest BCUT2D eigenvalue weighted by molar-refractivity contribution is 6.04. The third-order valence-electron chi connectivity index (χ3n) is 4.51. The number of nitrogens with one attached hydrogen (secondary N) is 1. The molecular weight excluding hydrogens is 391 g/mol. The third kappa shape index (κ3) is 3.91. The van der Waals surface area contributed by atoms with E-state index in [0.29, 0.717) is 5.69 Å². The highest BCUT2D eigenvalue weighted by atomic mass is 19.1. The van der Waals surface area contributed by atoms with E-state index >= 15 is 0 Å². The smallest absolute Gasteiger partial charge is 0.262 e. The molecule has 0 saturated heterocycles. The normalized spacial score (nSPS) is 10.5. The molecule has 7 heteroatoms. The summed E-state index contributed by atoms with van der Waals surface area (Å²) in [6.45, 7) is 4.00. The zero-order chi connectivity index (χ0) is 21.8. The molecule has 4 aromatic rings. The number of hydrogen-bond donors (Lipinski definition) is 1. The molecule has 0 saturated carbocycles. The number of rotatable bonds is 3. The number of nitrogens with zero attached hydrogens (tertiary/aromatic N) is 2. The summed E-state index contributed by atoms with van der Waals surface area (Å²) in [5.41, 5.74) is 1.05. The Morgan fingerprint density at radius 2 is 1.60 bits per heavy atom. The zero-order valence-corrected chi connectivity index (χ0v) is 16.7. The second kappa shape index (κ2) is 8.82. The zero-order valence-electron chi connectivity index (χ0n) is 16.7. The highest BCUT2D eigenvalue weighted by Crippen LogP contribution is 2.29. The molecule has 2 heterocycles. The van der Waals surface area contributed by atoms with Crippen molar-refractivity contribution in [2.75, 3.05) is 5.32 Å². The van der Waals surface area contributed by atoms with E-state index < -0.39 is 29.1 Å². The minimum Gasteiger partial charge on any atom is -0.343 e. The lowest BCUT2D eigenvalue weighted by atomic mass is 10.1. The average molecular weight is 411 g/mol. The lowest BCUT2D eigenvalue weighted by Crippen LogP contribution is -2.17. The molecule has 4 nitrogen and oxygen atoms in total. The maximum atomic E-state index is 14.6. The van der Waals surface area contributed by atoms with Gasteiger partial charge in [-0.15, -0.1) is 0 Å². The summed E-state index contributed by atoms with van der Waals surface area (Å²) in [4.78, 5) is 15.9. The van der Waals surface area contributed by atoms with Gasteiger partial charge >= 0.3 is 0 Å². The van der Waals surface area contributed by atoms with Crippen LogP contribution >= 0.6 is 0 Å². The van der Waals surface area contributed by atoms with Gasteiger partial charge in [-0.25, -0.2) is 13.8 Å². The number of benzene rings is 2. The predicted octanol–water partition coefficient (Wildman–Crippen LogP) is 5.94. The number of amides is 1. The van der Waals surface area contributed by atoms with Gasteiger partial charge in [0.15, 0.2) is 0 Å². The Bertz CT molecular complexity index is 1200. The molecular formula is C23H20F3N3O. The summed E-state index contributed by atoms with van der Waals surface area (Å²) >= 11 is 0. The van der Waals surface area contributed by atoms with Gasteiger partial charge in [0, 0.05) is 18.0 Å². The Kier molecular flexibility index (Phi) is 6.20. The topological polar surface area (TPSA) is 46.9 Å². The summed E-state index contributed by atoms with van der Waals surface area (Å²) in [7, 11) is 1.81. The first kappa shape index (κ1) is 21.1. The molecule has 0 radical (unpaired) electrons. The van der Waals surface area contributed by atoms with Crippen molar-refractivity contribution in [3.05, 3.63) is 83.8 Å². The van der Waals surface area contributed by atoms with E-state index in [1.165, 1.54) is 12.1 Å². The Morgan fingerprint density at radius 1 is 0.933 bits per heavy atom. The quantitative estimate of drug-likeness (QED) is 0.424. The number of aromatic nitrogens is 2. The van der Waals surface area contributed by atoms with E-state index in [1.807, 2.05) is 55.8 Å². The first-order chi connectivity index (χ1) is 14.5. The van der Waals surface area contributed by atoms with Crippen molar-refractivity contribution in [1.29, 1.82) is 0 Å². The van der Waals surface area contributed by atoms with Crippen LogP contribution in [0.4, 0.5) is 19.0 Å². The lowest BCUT2D eigenvalue weighted by molar-refractivity contribution is 0.101. The van der Waals surface area contributed by atoms with Crippen molar-refractivity contribution in [2.45, 2.75) is 13.8 Å². The Balaban J connectivity index is 0.00000124. The van der Waals surface area contributed by atoms with Crippen LogP contribution in [0.15, 0.2) is 60.7 Å². The second-order valence-electron chi connectivity index (χ2n) is 6.23. The van der Waals surface area contributed by atoms with Crippen LogP contribution in [0.5, 0.6) is 0 Å². The summed E-state index contributed by atoms with van der Waals surface area (Å²) in [5.74, 6) is -4.01. The maximum absolute atomic E-state index is 14.6. The van der Waals surface area contributed by atoms with Gasteiger partial charge in [-0.05, 0) is 36.4 Å². The van der Waals surface area contributed by atoms with Gasteiger partial charge in [0.1, 0.15) is 23.0 Å². The van der Waals surface area contributed by atoms with E-state index in [1.54, 1.807) is 0 Å². The molecule has 4 rings (SSSR count). The number of halogens is 3. The lowest BCUT2D eigenvalue weighted by Gasteiger charge is -2.09. The molecule has 30 heavy (non-hydrogen) atoms. The van der Waals surface area contributed by atoms with E-state index in [-0.39, 0.29) is 11.4 Å². The van der Waals surface area contributed by atoms with Gasteiger partial charge in [0.2, 0.25) is 5.95 Å². The molecule has 0 atom stereocenters. The van der Waals surface area contributed by atoms with Gasteiger partial charge in [-0.2, -0.15) is 4.39 Å². The minimum absolute atomic E-state index is 0.146. The number of anilines is 1. The van der Waals surface area contributed by atoms with Crippen LogP contribution in [-0.4, -0.2) is 15.5 Å². The highest BCUT2D eigenvalue weighted by Gasteiger charge is 2.19. The van der Waals surface area contributed by atoms with Crippen molar-refractivity contribution in [1.82, 2.24) is 9.55 Å². The standard InChI is InChI=1S/C21H14F3N3O.C2H6/c1-27-16-8-3-2-5-12(16)11-17(27)13-9-10-18(25-20(13)24)26-21(28)19-14(22)6-4-7-15(19)23;1-2/h2-11H,1H3,(H,25,26,28);1-2H3. The molecule has 2 aromatic heterocycles. The van der Waals surface area contributed by atoms with Gasteiger partial charge in [-0.1, -0.05) is 38.1 Å². The third-order valence-corrected chi connectivity index (χ3v) is 4.51. The summed E-state index contributed by atoms with van der Waals surface area (Å²) in [5, 5.41) is 3.17. The molecule has 0 aliphatic carbocycles. The molecule has 0 fully saturated rings. The van der Waals surface area contributed by atoms with E-state index in [4.69, 9.17) is 0 Å². The van der Waals surface area contributed by atoms with Gasteiger partial charge < -0.3 is 9.88 Å². The van der Waals surface area contributed by atoms with Crippen LogP contribution < -0.4 is 5.32 Å². The van der Waals surface area contributed by atoms with Crippen molar-refractivity contribution in [2.24, 2.45) is 7.05 Å². The summed E-state index contributed by atoms with van der Waals surface area (Å²) in [6, 6.07) is 15.4. The van der Waals surface area contributed by atoms with Crippen molar-refractivity contribution in [3.8, 4) is 11.3 Å². The molecule has 1 amide bonds. The molecule has 0 aliphatic rings. The van der Waals surface area contributed by atoms with Crippen LogP contribution in [0, 0.1) is 17.6 Å². The molecule has 0 aliphatic heterocycles. The average Bonchev–Trinajstić information content (AvgIpc) is 3.06. The fraction of sp³-hybridized carbons (Fsp3) is 0.130. The van der Waals surface area contributed by atoms with Crippen LogP contribution in [-0.2, 0) is 7.05 Å². The number of carbonyl (C=O) groups is 1. The first-order valence-electron chi connectivity index (χ1n) is 9.42. The molecule has 154 valence electrons. The van der Waals surface area contributed by atoms with Gasteiger partial charge in [-0.3, -0.25) is 4.79 Å². The van der Waals surface area contributed by atoms with Crippen molar-refractivity contribution < 1.29 is 18.0 Å². The molecule has 0 bridgehead atoms. The number of fused-ring (bicyclic) bond motifs is 1. The van der Waals surface area contributed by atoms with Crippen LogP contribution in [0.2, 0.25) is 0 Å². The Hall–Kier alpha value is -3.61. The Labute approximate surface area is 172 Å². The molecule has 2 aromatic carbocycles. The summed E-state index contributed by atoms with van der Waals surface area (Å²) < 4.78 is 43.9. The number of hydrogen-bond acceptors (Lipinski definition) is 2.